The Bertz CT molecular complexity index is 748. The Morgan fingerprint density at radius 3 is 2.61 bits per heavy atom. The molecule has 118 valence electrons. The number of amides is 2. The van der Waals surface area contributed by atoms with E-state index in [1.165, 1.54) is 12.3 Å². The lowest BCUT2D eigenvalue weighted by Crippen LogP contribution is -2.34. The van der Waals surface area contributed by atoms with Gasteiger partial charge in [-0.05, 0) is 24.3 Å². The van der Waals surface area contributed by atoms with Crippen molar-refractivity contribution in [2.45, 2.75) is 0 Å². The number of carbonyl (C=O) groups excluding carboxylic acids is 2. The van der Waals surface area contributed by atoms with Crippen molar-refractivity contribution in [2.75, 3.05) is 6.54 Å². The van der Waals surface area contributed by atoms with E-state index in [4.69, 9.17) is 23.2 Å². The van der Waals surface area contributed by atoms with Gasteiger partial charge in [-0.1, -0.05) is 47.5 Å². The van der Waals surface area contributed by atoms with Gasteiger partial charge in [-0.3, -0.25) is 9.59 Å². The van der Waals surface area contributed by atoms with Crippen LogP contribution in [-0.4, -0.2) is 24.6 Å². The van der Waals surface area contributed by atoms with Crippen LogP contribution in [0.25, 0.3) is 0 Å². The number of rotatable bonds is 5. The number of hydrogen-bond acceptors (Lipinski definition) is 3. The zero-order valence-electron chi connectivity index (χ0n) is 11.9. The van der Waals surface area contributed by atoms with Crippen molar-refractivity contribution in [3.05, 3.63) is 69.7 Å². The van der Waals surface area contributed by atoms with Crippen LogP contribution in [-0.2, 0) is 4.79 Å². The third-order valence-corrected chi connectivity index (χ3v) is 3.37. The fourth-order valence-corrected chi connectivity index (χ4v) is 2.06. The minimum atomic E-state index is -0.455. The Kier molecular flexibility index (Phi) is 6.14. The van der Waals surface area contributed by atoms with Gasteiger partial charge in [-0.15, -0.1) is 0 Å². The number of hydrazone groups is 1. The molecule has 0 aliphatic heterocycles. The van der Waals surface area contributed by atoms with E-state index in [1.54, 1.807) is 42.5 Å². The van der Waals surface area contributed by atoms with E-state index in [-0.39, 0.29) is 6.54 Å². The second-order valence-corrected chi connectivity index (χ2v) is 5.35. The Balaban J connectivity index is 1.81. The number of hydrogen-bond donors (Lipinski definition) is 2. The SMILES string of the molecule is O=C(CNC(=O)c1cccc(Cl)c1)N/N=C/c1ccccc1Cl. The summed E-state index contributed by atoms with van der Waals surface area (Å²) in [6.07, 6.45) is 1.43. The maximum Gasteiger partial charge on any atom is 0.259 e. The summed E-state index contributed by atoms with van der Waals surface area (Å²) >= 11 is 11.8. The van der Waals surface area contributed by atoms with Crippen LogP contribution in [0, 0.1) is 0 Å². The van der Waals surface area contributed by atoms with Crippen molar-refractivity contribution in [3.63, 3.8) is 0 Å². The predicted molar refractivity (Wildman–Crippen MR) is 91.0 cm³/mol. The van der Waals surface area contributed by atoms with Crippen LogP contribution < -0.4 is 10.7 Å². The summed E-state index contributed by atoms with van der Waals surface area (Å²) in [7, 11) is 0. The first-order valence-electron chi connectivity index (χ1n) is 6.66. The number of halogens is 2. The molecule has 23 heavy (non-hydrogen) atoms. The molecular formula is C16H13Cl2N3O2. The maximum atomic E-state index is 11.8. The first-order valence-corrected chi connectivity index (χ1v) is 7.42. The summed E-state index contributed by atoms with van der Waals surface area (Å²) in [6, 6.07) is 13.5. The molecule has 0 heterocycles. The Morgan fingerprint density at radius 1 is 1.09 bits per heavy atom. The molecule has 2 N–H and O–H groups in total. The van der Waals surface area contributed by atoms with Gasteiger partial charge in [0.05, 0.1) is 12.8 Å². The Labute approximate surface area is 143 Å². The van der Waals surface area contributed by atoms with Crippen molar-refractivity contribution >= 4 is 41.2 Å². The van der Waals surface area contributed by atoms with E-state index in [0.29, 0.717) is 21.2 Å². The van der Waals surface area contributed by atoms with Crippen LogP contribution >= 0.6 is 23.2 Å². The lowest BCUT2D eigenvalue weighted by atomic mass is 10.2. The van der Waals surface area contributed by atoms with E-state index < -0.39 is 11.8 Å². The van der Waals surface area contributed by atoms with Crippen LogP contribution in [0.1, 0.15) is 15.9 Å². The minimum Gasteiger partial charge on any atom is -0.343 e. The average molecular weight is 350 g/mol. The molecule has 5 nitrogen and oxygen atoms in total. The van der Waals surface area contributed by atoms with E-state index in [2.05, 4.69) is 15.8 Å². The molecule has 2 rings (SSSR count). The normalized spacial score (nSPS) is 10.5. The largest absolute Gasteiger partial charge is 0.343 e. The molecule has 0 aromatic heterocycles. The molecule has 0 saturated carbocycles. The van der Waals surface area contributed by atoms with Gasteiger partial charge in [0.1, 0.15) is 0 Å². The molecule has 0 bridgehead atoms. The standard InChI is InChI=1S/C16H13Cl2N3O2/c17-13-6-3-5-11(8-13)16(23)19-10-15(22)21-20-9-12-4-1-2-7-14(12)18/h1-9H,10H2,(H,19,23)(H,21,22)/b20-9+. The first-order chi connectivity index (χ1) is 11.1. The lowest BCUT2D eigenvalue weighted by molar-refractivity contribution is -0.120. The smallest absolute Gasteiger partial charge is 0.259 e. The number of carbonyl (C=O) groups is 2. The fraction of sp³-hybridized carbons (Fsp3) is 0.0625. The highest BCUT2D eigenvalue weighted by Crippen LogP contribution is 2.12. The molecule has 0 radical (unpaired) electrons. The second kappa shape index (κ2) is 8.31. The molecule has 7 heteroatoms. The molecule has 0 saturated heterocycles. The van der Waals surface area contributed by atoms with Gasteiger partial charge in [0, 0.05) is 21.2 Å². The third kappa shape index (κ3) is 5.39. The minimum absolute atomic E-state index is 0.203. The van der Waals surface area contributed by atoms with Gasteiger partial charge in [-0.2, -0.15) is 5.10 Å². The van der Waals surface area contributed by atoms with E-state index >= 15 is 0 Å². The highest BCUT2D eigenvalue weighted by molar-refractivity contribution is 6.33. The molecule has 2 aromatic carbocycles. The Hall–Kier alpha value is -2.37. The zero-order valence-corrected chi connectivity index (χ0v) is 13.4. The zero-order chi connectivity index (χ0) is 16.7. The van der Waals surface area contributed by atoms with Gasteiger partial charge >= 0.3 is 0 Å². The number of benzene rings is 2. The molecule has 2 amide bonds. The maximum absolute atomic E-state index is 11.8. The van der Waals surface area contributed by atoms with Gasteiger partial charge in [-0.25, -0.2) is 5.43 Å². The van der Waals surface area contributed by atoms with Crippen LogP contribution in [0.15, 0.2) is 53.6 Å². The molecular weight excluding hydrogens is 337 g/mol. The second-order valence-electron chi connectivity index (χ2n) is 4.51. The van der Waals surface area contributed by atoms with Gasteiger partial charge in [0.2, 0.25) is 0 Å². The van der Waals surface area contributed by atoms with Gasteiger partial charge in [0.15, 0.2) is 0 Å². The van der Waals surface area contributed by atoms with E-state index in [9.17, 15) is 9.59 Å². The van der Waals surface area contributed by atoms with Crippen molar-refractivity contribution in [2.24, 2.45) is 5.10 Å². The molecule has 0 spiro atoms. The molecule has 0 aliphatic rings. The van der Waals surface area contributed by atoms with Crippen molar-refractivity contribution in [3.8, 4) is 0 Å². The average Bonchev–Trinajstić information content (AvgIpc) is 2.54. The molecule has 0 atom stereocenters. The highest BCUT2D eigenvalue weighted by atomic mass is 35.5. The van der Waals surface area contributed by atoms with Gasteiger partial charge < -0.3 is 5.32 Å². The summed E-state index contributed by atoms with van der Waals surface area (Å²) in [5.41, 5.74) is 3.37. The van der Waals surface area contributed by atoms with Crippen LogP contribution in [0.4, 0.5) is 0 Å². The van der Waals surface area contributed by atoms with Crippen molar-refractivity contribution < 1.29 is 9.59 Å². The van der Waals surface area contributed by atoms with Gasteiger partial charge in [0.25, 0.3) is 11.8 Å². The summed E-state index contributed by atoms with van der Waals surface area (Å²) in [4.78, 5) is 23.5. The molecule has 0 unspecified atom stereocenters. The summed E-state index contributed by atoms with van der Waals surface area (Å²) in [6.45, 7) is -0.203. The lowest BCUT2D eigenvalue weighted by Gasteiger charge is -2.04. The van der Waals surface area contributed by atoms with Crippen molar-refractivity contribution in [1.82, 2.24) is 10.7 Å². The predicted octanol–water partition coefficient (Wildman–Crippen LogP) is 2.87. The first kappa shape index (κ1) is 17.0. The van der Waals surface area contributed by atoms with Crippen LogP contribution in [0.5, 0.6) is 0 Å². The molecule has 0 aliphatic carbocycles. The van der Waals surface area contributed by atoms with E-state index in [1.807, 2.05) is 0 Å². The summed E-state index contributed by atoms with van der Waals surface area (Å²) in [5.74, 6) is -0.846. The number of nitrogens with one attached hydrogen (secondary N) is 2. The van der Waals surface area contributed by atoms with Crippen LogP contribution in [0.3, 0.4) is 0 Å². The van der Waals surface area contributed by atoms with E-state index in [0.717, 1.165) is 0 Å². The van der Waals surface area contributed by atoms with Crippen molar-refractivity contribution in [1.29, 1.82) is 0 Å². The number of nitrogens with zero attached hydrogens (tertiary/aromatic N) is 1. The third-order valence-electron chi connectivity index (χ3n) is 2.79. The monoisotopic (exact) mass is 349 g/mol. The molecule has 2 aromatic rings. The summed E-state index contributed by atoms with van der Waals surface area (Å²) < 4.78 is 0. The quantitative estimate of drug-likeness (QED) is 0.643. The fourth-order valence-electron chi connectivity index (χ4n) is 1.69. The molecule has 0 fully saturated rings. The Morgan fingerprint density at radius 2 is 1.87 bits per heavy atom. The summed E-state index contributed by atoms with van der Waals surface area (Å²) in [5, 5.41) is 7.24. The van der Waals surface area contributed by atoms with Crippen LogP contribution in [0.2, 0.25) is 10.0 Å². The topological polar surface area (TPSA) is 70.6 Å². The highest BCUT2D eigenvalue weighted by Gasteiger charge is 2.07.